The first-order valence-electron chi connectivity index (χ1n) is 5.34. The van der Waals surface area contributed by atoms with Gasteiger partial charge >= 0.3 is 0 Å². The minimum Gasteiger partial charge on any atom is -0.380 e. The average Bonchev–Trinajstić information content (AvgIpc) is 2.29. The third-order valence-corrected chi connectivity index (χ3v) is 2.79. The zero-order valence-corrected chi connectivity index (χ0v) is 9.90. The summed E-state index contributed by atoms with van der Waals surface area (Å²) in [6.07, 6.45) is 3.85. The van der Waals surface area contributed by atoms with E-state index in [0.717, 1.165) is 0 Å². The SMILES string of the molecule is COC(C)C(C)N[C@H](C)c1ccncc1. The molecule has 0 saturated carbocycles. The van der Waals surface area contributed by atoms with Gasteiger partial charge in [0.15, 0.2) is 0 Å². The topological polar surface area (TPSA) is 34.1 Å². The van der Waals surface area contributed by atoms with Crippen LogP contribution in [0.5, 0.6) is 0 Å². The van der Waals surface area contributed by atoms with Gasteiger partial charge in [-0.25, -0.2) is 0 Å². The maximum Gasteiger partial charge on any atom is 0.0693 e. The Balaban J connectivity index is 2.52. The van der Waals surface area contributed by atoms with Crippen molar-refractivity contribution in [2.75, 3.05) is 7.11 Å². The Morgan fingerprint density at radius 3 is 2.33 bits per heavy atom. The highest BCUT2D eigenvalue weighted by Crippen LogP contribution is 2.12. The lowest BCUT2D eigenvalue weighted by Gasteiger charge is -2.24. The van der Waals surface area contributed by atoms with E-state index < -0.39 is 0 Å². The second kappa shape index (κ2) is 5.83. The number of nitrogens with one attached hydrogen (secondary N) is 1. The summed E-state index contributed by atoms with van der Waals surface area (Å²) in [4.78, 5) is 4.01. The van der Waals surface area contributed by atoms with E-state index in [1.165, 1.54) is 5.56 Å². The minimum absolute atomic E-state index is 0.217. The lowest BCUT2D eigenvalue weighted by molar-refractivity contribution is 0.0852. The van der Waals surface area contributed by atoms with Crippen molar-refractivity contribution in [2.24, 2.45) is 0 Å². The van der Waals surface area contributed by atoms with E-state index in [4.69, 9.17) is 4.74 Å². The van der Waals surface area contributed by atoms with Gasteiger partial charge in [-0.3, -0.25) is 4.98 Å². The van der Waals surface area contributed by atoms with Crippen molar-refractivity contribution < 1.29 is 4.74 Å². The van der Waals surface area contributed by atoms with Crippen LogP contribution in [-0.2, 0) is 4.74 Å². The quantitative estimate of drug-likeness (QED) is 0.805. The molecule has 0 radical (unpaired) electrons. The lowest BCUT2D eigenvalue weighted by atomic mass is 10.1. The molecule has 0 aliphatic heterocycles. The highest BCUT2D eigenvalue weighted by molar-refractivity contribution is 5.14. The maximum absolute atomic E-state index is 5.27. The van der Waals surface area contributed by atoms with Crippen LogP contribution in [0.1, 0.15) is 32.4 Å². The molecule has 0 saturated heterocycles. The molecule has 0 amide bonds. The Morgan fingerprint density at radius 2 is 1.80 bits per heavy atom. The Hall–Kier alpha value is -0.930. The van der Waals surface area contributed by atoms with Crippen molar-refractivity contribution in [1.29, 1.82) is 0 Å². The Kier molecular flexibility index (Phi) is 4.72. The molecule has 3 atom stereocenters. The molecular formula is C12H20N2O. The molecule has 15 heavy (non-hydrogen) atoms. The highest BCUT2D eigenvalue weighted by atomic mass is 16.5. The van der Waals surface area contributed by atoms with Crippen molar-refractivity contribution >= 4 is 0 Å². The van der Waals surface area contributed by atoms with Crippen molar-refractivity contribution in [2.45, 2.75) is 39.0 Å². The average molecular weight is 208 g/mol. The predicted molar refractivity (Wildman–Crippen MR) is 61.7 cm³/mol. The zero-order valence-electron chi connectivity index (χ0n) is 9.90. The number of nitrogens with zero attached hydrogens (tertiary/aromatic N) is 1. The van der Waals surface area contributed by atoms with Gasteiger partial charge in [-0.2, -0.15) is 0 Å². The minimum atomic E-state index is 0.217. The lowest BCUT2D eigenvalue weighted by Crippen LogP contribution is -2.38. The fourth-order valence-corrected chi connectivity index (χ4v) is 1.48. The summed E-state index contributed by atoms with van der Waals surface area (Å²) < 4.78 is 5.27. The number of ether oxygens (including phenoxy) is 1. The van der Waals surface area contributed by atoms with Crippen molar-refractivity contribution in [3.05, 3.63) is 30.1 Å². The van der Waals surface area contributed by atoms with Crippen LogP contribution < -0.4 is 5.32 Å². The molecular weight excluding hydrogens is 188 g/mol. The second-order valence-electron chi connectivity index (χ2n) is 3.90. The van der Waals surface area contributed by atoms with E-state index >= 15 is 0 Å². The number of hydrogen-bond acceptors (Lipinski definition) is 3. The predicted octanol–water partition coefficient (Wildman–Crippen LogP) is 2.16. The summed E-state index contributed by atoms with van der Waals surface area (Å²) in [7, 11) is 1.74. The third-order valence-electron chi connectivity index (χ3n) is 2.79. The molecule has 0 aliphatic carbocycles. The number of rotatable bonds is 5. The van der Waals surface area contributed by atoms with Gasteiger partial charge in [0.1, 0.15) is 0 Å². The van der Waals surface area contributed by atoms with Crippen molar-refractivity contribution in [3.63, 3.8) is 0 Å². The van der Waals surface area contributed by atoms with E-state index in [2.05, 4.69) is 31.1 Å². The summed E-state index contributed by atoms with van der Waals surface area (Å²) in [6.45, 7) is 6.34. The van der Waals surface area contributed by atoms with Crippen LogP contribution >= 0.6 is 0 Å². The van der Waals surface area contributed by atoms with E-state index in [1.54, 1.807) is 7.11 Å². The fourth-order valence-electron chi connectivity index (χ4n) is 1.48. The van der Waals surface area contributed by atoms with Gasteiger partial charge in [-0.05, 0) is 38.5 Å². The number of hydrogen-bond donors (Lipinski definition) is 1. The standard InChI is InChI=1S/C12H20N2O/c1-9(11(3)15-4)14-10(2)12-5-7-13-8-6-12/h5-11,14H,1-4H3/t9?,10-,11?/m1/s1. The van der Waals surface area contributed by atoms with Crippen molar-refractivity contribution in [1.82, 2.24) is 10.3 Å². The Labute approximate surface area is 91.9 Å². The summed E-state index contributed by atoms with van der Waals surface area (Å²) in [5.74, 6) is 0. The molecule has 1 aromatic rings. The smallest absolute Gasteiger partial charge is 0.0693 e. The second-order valence-corrected chi connectivity index (χ2v) is 3.90. The third kappa shape index (κ3) is 3.61. The molecule has 1 N–H and O–H groups in total. The first-order valence-corrected chi connectivity index (χ1v) is 5.34. The van der Waals surface area contributed by atoms with Crippen LogP contribution in [-0.4, -0.2) is 24.2 Å². The molecule has 0 bridgehead atoms. The number of aromatic nitrogens is 1. The van der Waals surface area contributed by atoms with Gasteiger partial charge in [0.2, 0.25) is 0 Å². The zero-order chi connectivity index (χ0) is 11.3. The van der Waals surface area contributed by atoms with Gasteiger partial charge in [-0.1, -0.05) is 0 Å². The largest absolute Gasteiger partial charge is 0.380 e. The molecule has 3 heteroatoms. The molecule has 1 heterocycles. The first-order chi connectivity index (χ1) is 7.15. The summed E-state index contributed by atoms with van der Waals surface area (Å²) in [6, 6.07) is 4.71. The summed E-state index contributed by atoms with van der Waals surface area (Å²) in [5, 5.41) is 3.49. The van der Waals surface area contributed by atoms with E-state index in [9.17, 15) is 0 Å². The van der Waals surface area contributed by atoms with Crippen LogP contribution in [0.4, 0.5) is 0 Å². The van der Waals surface area contributed by atoms with E-state index in [-0.39, 0.29) is 6.10 Å². The van der Waals surface area contributed by atoms with Gasteiger partial charge in [0.25, 0.3) is 0 Å². The molecule has 0 aromatic carbocycles. The van der Waals surface area contributed by atoms with Crippen LogP contribution in [0.15, 0.2) is 24.5 Å². The maximum atomic E-state index is 5.27. The van der Waals surface area contributed by atoms with E-state index in [0.29, 0.717) is 12.1 Å². The van der Waals surface area contributed by atoms with Gasteiger partial charge in [0, 0.05) is 31.6 Å². The van der Waals surface area contributed by atoms with Crippen LogP contribution in [0, 0.1) is 0 Å². The summed E-state index contributed by atoms with van der Waals surface area (Å²) in [5.41, 5.74) is 1.25. The Morgan fingerprint density at radius 1 is 1.20 bits per heavy atom. The fraction of sp³-hybridized carbons (Fsp3) is 0.583. The number of methoxy groups -OCH3 is 1. The van der Waals surface area contributed by atoms with E-state index in [1.807, 2.05) is 24.5 Å². The molecule has 0 aliphatic rings. The van der Waals surface area contributed by atoms with Gasteiger partial charge in [0.05, 0.1) is 6.10 Å². The highest BCUT2D eigenvalue weighted by Gasteiger charge is 2.14. The van der Waals surface area contributed by atoms with Gasteiger partial charge < -0.3 is 10.1 Å². The molecule has 2 unspecified atom stereocenters. The molecule has 84 valence electrons. The monoisotopic (exact) mass is 208 g/mol. The first kappa shape index (κ1) is 12.1. The molecule has 0 spiro atoms. The van der Waals surface area contributed by atoms with Crippen LogP contribution in [0.3, 0.4) is 0 Å². The molecule has 1 aromatic heterocycles. The van der Waals surface area contributed by atoms with Crippen molar-refractivity contribution in [3.8, 4) is 0 Å². The Bertz CT molecular complexity index is 276. The molecule has 3 nitrogen and oxygen atoms in total. The van der Waals surface area contributed by atoms with Crippen LogP contribution in [0.2, 0.25) is 0 Å². The number of pyridine rings is 1. The molecule has 1 rings (SSSR count). The molecule has 0 fully saturated rings. The van der Waals surface area contributed by atoms with Gasteiger partial charge in [-0.15, -0.1) is 0 Å². The van der Waals surface area contributed by atoms with Crippen LogP contribution in [0.25, 0.3) is 0 Å². The summed E-state index contributed by atoms with van der Waals surface area (Å²) >= 11 is 0. The normalized spacial score (nSPS) is 17.1.